The highest BCUT2D eigenvalue weighted by atomic mass is 16.7. The largest absolute Gasteiger partial charge is 0.378 e. The minimum atomic E-state index is -1.05. The van der Waals surface area contributed by atoms with Crippen LogP contribution in [0.2, 0.25) is 0 Å². The maximum atomic E-state index is 13.8. The number of aromatic nitrogens is 2. The number of hydroxylamine groups is 2. The van der Waals surface area contributed by atoms with Gasteiger partial charge in [-0.05, 0) is 71.6 Å². The zero-order valence-corrected chi connectivity index (χ0v) is 27.1. The number of nitrogen functional groups attached to an aromatic ring is 1. The number of pyridine rings is 1. The minimum absolute atomic E-state index is 0.0712. The molecular weight excluding hydrogens is 578 g/mol. The van der Waals surface area contributed by atoms with Gasteiger partial charge in [-0.3, -0.25) is 24.5 Å². The summed E-state index contributed by atoms with van der Waals surface area (Å²) in [6.45, 7) is 14.1. The number of hydrogen-bond acceptors (Lipinski definition) is 9. The van der Waals surface area contributed by atoms with Gasteiger partial charge in [0.25, 0.3) is 5.91 Å². The number of ether oxygens (including phenoxy) is 1. The molecule has 13 nitrogen and oxygen atoms in total. The molecule has 0 fully saturated rings. The quantitative estimate of drug-likeness (QED) is 0.0867. The third-order valence-corrected chi connectivity index (χ3v) is 6.58. The van der Waals surface area contributed by atoms with Gasteiger partial charge < -0.3 is 25.7 Å². The first kappa shape index (κ1) is 35.0. The van der Waals surface area contributed by atoms with Crippen LogP contribution < -0.4 is 16.4 Å². The molecule has 3 rings (SSSR count). The van der Waals surface area contributed by atoms with Crippen LogP contribution in [0.4, 0.5) is 23.0 Å². The summed E-state index contributed by atoms with van der Waals surface area (Å²) in [5, 5.41) is 18.2. The molecule has 2 amide bonds. The predicted molar refractivity (Wildman–Crippen MR) is 175 cm³/mol. The first-order valence-electron chi connectivity index (χ1n) is 14.9. The van der Waals surface area contributed by atoms with E-state index in [1.807, 2.05) is 49.9 Å². The number of amides is 2. The number of nitrogens with one attached hydrogen (secondary N) is 2. The van der Waals surface area contributed by atoms with Gasteiger partial charge in [0.15, 0.2) is 6.04 Å². The summed E-state index contributed by atoms with van der Waals surface area (Å²) in [6.07, 6.45) is 5.88. The van der Waals surface area contributed by atoms with Crippen LogP contribution in [-0.2, 0) is 32.1 Å². The number of carbonyl (C=O) groups excluding carboxylic acids is 2. The molecule has 0 aliphatic heterocycles. The van der Waals surface area contributed by atoms with Crippen LogP contribution in [0.25, 0.3) is 11.1 Å². The number of anilines is 3. The average molecular weight is 624 g/mol. The van der Waals surface area contributed by atoms with E-state index in [0.717, 1.165) is 22.6 Å². The van der Waals surface area contributed by atoms with Crippen molar-refractivity contribution < 1.29 is 24.1 Å². The van der Waals surface area contributed by atoms with Crippen LogP contribution in [0.5, 0.6) is 0 Å². The fourth-order valence-corrected chi connectivity index (χ4v) is 4.37. The lowest BCUT2D eigenvalue weighted by Gasteiger charge is -2.33. The Morgan fingerprint density at radius 2 is 1.80 bits per heavy atom. The van der Waals surface area contributed by atoms with E-state index >= 15 is 0 Å². The SMILES string of the molecule is CCc1ccc(-c2cn(CCCNc3ccc([N+](=O)[O-])c(N)n3)cc2NC(=O)C(COC(C)(C)C)N(C=O)OC(C)(C)C)cc1. The molecule has 2 heterocycles. The summed E-state index contributed by atoms with van der Waals surface area (Å²) in [5.41, 5.74) is 7.69. The summed E-state index contributed by atoms with van der Waals surface area (Å²) in [5.74, 6) is -0.166. The second-order valence-corrected chi connectivity index (χ2v) is 12.6. The Bertz CT molecular complexity index is 1460. The van der Waals surface area contributed by atoms with Crippen LogP contribution in [0.3, 0.4) is 0 Å². The molecule has 4 N–H and O–H groups in total. The van der Waals surface area contributed by atoms with Gasteiger partial charge in [0, 0.05) is 37.1 Å². The van der Waals surface area contributed by atoms with Gasteiger partial charge in [-0.1, -0.05) is 31.2 Å². The highest BCUT2D eigenvalue weighted by molar-refractivity contribution is 5.99. The number of nitrogens with zero attached hydrogens (tertiary/aromatic N) is 4. The van der Waals surface area contributed by atoms with E-state index in [2.05, 4.69) is 34.7 Å². The normalized spacial score (nSPS) is 12.4. The van der Waals surface area contributed by atoms with Crippen LogP contribution in [0, 0.1) is 10.1 Å². The van der Waals surface area contributed by atoms with E-state index in [4.69, 9.17) is 15.3 Å². The minimum Gasteiger partial charge on any atom is -0.378 e. The Morgan fingerprint density at radius 1 is 1.11 bits per heavy atom. The molecule has 0 bridgehead atoms. The van der Waals surface area contributed by atoms with Crippen molar-refractivity contribution in [2.45, 2.75) is 85.1 Å². The molecule has 3 aromatic rings. The van der Waals surface area contributed by atoms with Crippen molar-refractivity contribution in [3.8, 4) is 11.1 Å². The lowest BCUT2D eigenvalue weighted by Crippen LogP contribution is -2.50. The Morgan fingerprint density at radius 3 is 2.36 bits per heavy atom. The van der Waals surface area contributed by atoms with Gasteiger partial charge >= 0.3 is 5.69 Å². The van der Waals surface area contributed by atoms with Gasteiger partial charge in [0.1, 0.15) is 5.82 Å². The second-order valence-electron chi connectivity index (χ2n) is 12.6. The Labute approximate surface area is 264 Å². The fraction of sp³-hybridized carbons (Fsp3) is 0.469. The Kier molecular flexibility index (Phi) is 11.7. The Hall–Kier alpha value is -4.49. The molecule has 0 saturated carbocycles. The van der Waals surface area contributed by atoms with Crippen LogP contribution in [-0.4, -0.2) is 62.3 Å². The molecule has 0 saturated heterocycles. The van der Waals surface area contributed by atoms with E-state index < -0.39 is 28.1 Å². The molecule has 0 aliphatic carbocycles. The zero-order chi connectivity index (χ0) is 33.4. The molecule has 244 valence electrons. The summed E-state index contributed by atoms with van der Waals surface area (Å²) < 4.78 is 7.89. The molecule has 0 aliphatic rings. The third-order valence-electron chi connectivity index (χ3n) is 6.58. The smallest absolute Gasteiger partial charge is 0.311 e. The standard InChI is InChI=1S/C32H45N7O6/c1-8-22-10-12-23(13-11-22)24-18-37(17-9-16-34-28-15-14-26(39(42)43)29(33)36-28)19-25(24)35-30(41)27(20-44-31(2,3)4)38(21-40)45-32(5,6)7/h10-15,18-19,21,27H,8-9,16-17,20H2,1-7H3,(H,35,41)(H3,33,34,36). The highest BCUT2D eigenvalue weighted by Crippen LogP contribution is 2.31. The molecule has 2 aromatic heterocycles. The number of hydrogen-bond donors (Lipinski definition) is 3. The van der Waals surface area contributed by atoms with Gasteiger partial charge in [-0.2, -0.15) is 0 Å². The molecule has 13 heteroatoms. The molecule has 45 heavy (non-hydrogen) atoms. The van der Waals surface area contributed by atoms with Crippen molar-refractivity contribution in [2.24, 2.45) is 0 Å². The van der Waals surface area contributed by atoms with E-state index in [9.17, 15) is 19.7 Å². The first-order valence-corrected chi connectivity index (χ1v) is 14.9. The molecule has 1 aromatic carbocycles. The maximum absolute atomic E-state index is 13.8. The molecule has 1 atom stereocenters. The lowest BCUT2D eigenvalue weighted by molar-refractivity contribution is -0.384. The van der Waals surface area contributed by atoms with Crippen molar-refractivity contribution in [2.75, 3.05) is 29.5 Å². The van der Waals surface area contributed by atoms with Crippen molar-refractivity contribution in [3.63, 3.8) is 0 Å². The lowest BCUT2D eigenvalue weighted by atomic mass is 10.0. The molecule has 1 unspecified atom stereocenters. The maximum Gasteiger partial charge on any atom is 0.311 e. The van der Waals surface area contributed by atoms with Gasteiger partial charge in [-0.25, -0.2) is 10.0 Å². The third kappa shape index (κ3) is 10.6. The number of aryl methyl sites for hydroxylation is 2. The number of rotatable bonds is 15. The van der Waals surface area contributed by atoms with Gasteiger partial charge in [-0.15, -0.1) is 0 Å². The van der Waals surface area contributed by atoms with Gasteiger partial charge in [0.2, 0.25) is 12.2 Å². The van der Waals surface area contributed by atoms with Crippen LogP contribution in [0.15, 0.2) is 48.8 Å². The molecule has 0 spiro atoms. The highest BCUT2D eigenvalue weighted by Gasteiger charge is 2.32. The molecular formula is C32H45N7O6. The van der Waals surface area contributed by atoms with E-state index in [1.54, 1.807) is 20.8 Å². The van der Waals surface area contributed by atoms with E-state index in [1.165, 1.54) is 17.7 Å². The van der Waals surface area contributed by atoms with Gasteiger partial charge in [0.05, 0.1) is 28.4 Å². The van der Waals surface area contributed by atoms with Crippen LogP contribution in [0.1, 0.15) is 60.5 Å². The number of nitrogens with two attached hydrogens (primary N) is 1. The summed E-state index contributed by atoms with van der Waals surface area (Å²) in [6, 6.07) is 9.92. The predicted octanol–water partition coefficient (Wildman–Crippen LogP) is 5.42. The van der Waals surface area contributed by atoms with Crippen LogP contribution >= 0.6 is 0 Å². The van der Waals surface area contributed by atoms with Crippen molar-refractivity contribution in [1.82, 2.24) is 14.6 Å². The topological polar surface area (TPSA) is 167 Å². The van der Waals surface area contributed by atoms with E-state index in [0.29, 0.717) is 37.4 Å². The number of benzene rings is 1. The second kappa shape index (κ2) is 15.0. The monoisotopic (exact) mass is 623 g/mol. The fourth-order valence-electron chi connectivity index (χ4n) is 4.37. The summed E-state index contributed by atoms with van der Waals surface area (Å²) in [4.78, 5) is 46.2. The van der Waals surface area contributed by atoms with Crippen molar-refractivity contribution >= 4 is 35.3 Å². The number of nitro groups is 1. The average Bonchev–Trinajstić information content (AvgIpc) is 3.35. The van der Waals surface area contributed by atoms with E-state index in [-0.39, 0.29) is 18.1 Å². The molecule has 0 radical (unpaired) electrons. The van der Waals surface area contributed by atoms with Crippen molar-refractivity contribution in [1.29, 1.82) is 0 Å². The number of carbonyl (C=O) groups is 2. The zero-order valence-electron chi connectivity index (χ0n) is 27.1. The summed E-state index contributed by atoms with van der Waals surface area (Å²) in [7, 11) is 0. The Balaban J connectivity index is 1.83. The first-order chi connectivity index (χ1) is 21.1. The van der Waals surface area contributed by atoms with Crippen molar-refractivity contribution in [3.05, 3.63) is 64.5 Å². The summed E-state index contributed by atoms with van der Waals surface area (Å²) >= 11 is 0.